The largest absolute Gasteiger partial charge is 0.490 e. The van der Waals surface area contributed by atoms with E-state index in [0.29, 0.717) is 23.9 Å². The van der Waals surface area contributed by atoms with Gasteiger partial charge < -0.3 is 9.47 Å². The molecule has 1 saturated heterocycles. The molecular weight excluding hydrogens is 338 g/mol. The van der Waals surface area contributed by atoms with Crippen LogP contribution in [0.15, 0.2) is 59.5 Å². The fourth-order valence-electron chi connectivity index (χ4n) is 2.23. The van der Waals surface area contributed by atoms with E-state index in [4.69, 9.17) is 9.47 Å². The SMILES string of the molecule is CN1C(=O)S/C(=C/c2cccc(OCCOc3ccccc3)c2)C1=O. The molecule has 3 rings (SSSR count). The number of benzene rings is 2. The van der Waals surface area contributed by atoms with Gasteiger partial charge in [-0.25, -0.2) is 0 Å². The molecule has 0 radical (unpaired) electrons. The molecule has 2 amide bonds. The average Bonchev–Trinajstić information content (AvgIpc) is 2.87. The maximum atomic E-state index is 11.9. The van der Waals surface area contributed by atoms with Crippen LogP contribution in [0.4, 0.5) is 4.79 Å². The van der Waals surface area contributed by atoms with Crippen LogP contribution >= 0.6 is 11.8 Å². The predicted molar refractivity (Wildman–Crippen MR) is 97.6 cm³/mol. The van der Waals surface area contributed by atoms with E-state index in [9.17, 15) is 9.59 Å². The first-order chi connectivity index (χ1) is 12.1. The number of amides is 2. The third kappa shape index (κ3) is 4.42. The lowest BCUT2D eigenvalue weighted by molar-refractivity contribution is -0.121. The van der Waals surface area contributed by atoms with Crippen molar-refractivity contribution in [3.05, 3.63) is 65.1 Å². The number of nitrogens with zero attached hydrogens (tertiary/aromatic N) is 1. The predicted octanol–water partition coefficient (Wildman–Crippen LogP) is 3.81. The Balaban J connectivity index is 1.57. The van der Waals surface area contributed by atoms with E-state index < -0.39 is 0 Å². The van der Waals surface area contributed by atoms with Gasteiger partial charge in [-0.15, -0.1) is 0 Å². The minimum atomic E-state index is -0.280. The summed E-state index contributed by atoms with van der Waals surface area (Å²) >= 11 is 0.939. The van der Waals surface area contributed by atoms with Crippen LogP contribution in [0.2, 0.25) is 0 Å². The first-order valence-electron chi connectivity index (χ1n) is 7.76. The summed E-state index contributed by atoms with van der Waals surface area (Å²) < 4.78 is 11.3. The number of likely N-dealkylation sites (N-methyl/N-ethyl adjacent to an activating group) is 1. The van der Waals surface area contributed by atoms with E-state index in [1.807, 2.05) is 54.6 Å². The van der Waals surface area contributed by atoms with Crippen LogP contribution in [-0.2, 0) is 4.79 Å². The van der Waals surface area contributed by atoms with Gasteiger partial charge in [-0.2, -0.15) is 0 Å². The van der Waals surface area contributed by atoms with Gasteiger partial charge in [-0.3, -0.25) is 14.5 Å². The number of carbonyl (C=O) groups excluding carboxylic acids is 2. The molecule has 2 aromatic carbocycles. The van der Waals surface area contributed by atoms with E-state index in [0.717, 1.165) is 28.0 Å². The molecule has 1 aliphatic rings. The van der Waals surface area contributed by atoms with Crippen molar-refractivity contribution in [1.29, 1.82) is 0 Å². The zero-order chi connectivity index (χ0) is 17.6. The minimum Gasteiger partial charge on any atom is -0.490 e. The molecule has 0 atom stereocenters. The normalized spacial score (nSPS) is 15.7. The third-order valence-corrected chi connectivity index (χ3v) is 4.47. The van der Waals surface area contributed by atoms with Crippen molar-refractivity contribution in [2.75, 3.05) is 20.3 Å². The van der Waals surface area contributed by atoms with Gasteiger partial charge in [-0.05, 0) is 47.7 Å². The van der Waals surface area contributed by atoms with Crippen LogP contribution in [0, 0.1) is 0 Å². The zero-order valence-corrected chi connectivity index (χ0v) is 14.5. The molecule has 0 aromatic heterocycles. The highest BCUT2D eigenvalue weighted by atomic mass is 32.2. The molecule has 0 aliphatic carbocycles. The van der Waals surface area contributed by atoms with Crippen molar-refractivity contribution in [3.8, 4) is 11.5 Å². The maximum absolute atomic E-state index is 11.9. The van der Waals surface area contributed by atoms with E-state index in [1.54, 1.807) is 6.08 Å². The average molecular weight is 355 g/mol. The number of thioether (sulfide) groups is 1. The van der Waals surface area contributed by atoms with Gasteiger partial charge in [0.1, 0.15) is 24.7 Å². The van der Waals surface area contributed by atoms with Crippen LogP contribution in [0.5, 0.6) is 11.5 Å². The molecular formula is C19H17NO4S. The highest BCUT2D eigenvalue weighted by Gasteiger charge is 2.31. The summed E-state index contributed by atoms with van der Waals surface area (Å²) in [4.78, 5) is 25.0. The van der Waals surface area contributed by atoms with Crippen molar-refractivity contribution >= 4 is 29.0 Å². The van der Waals surface area contributed by atoms with Crippen molar-refractivity contribution in [2.24, 2.45) is 0 Å². The lowest BCUT2D eigenvalue weighted by Gasteiger charge is -2.09. The van der Waals surface area contributed by atoms with Crippen LogP contribution in [-0.4, -0.2) is 36.3 Å². The number of imide groups is 1. The van der Waals surface area contributed by atoms with Gasteiger partial charge >= 0.3 is 0 Å². The molecule has 1 aliphatic heterocycles. The summed E-state index contributed by atoms with van der Waals surface area (Å²) in [7, 11) is 1.48. The van der Waals surface area contributed by atoms with E-state index in [-0.39, 0.29) is 11.1 Å². The number of para-hydroxylation sites is 1. The number of carbonyl (C=O) groups is 2. The molecule has 1 heterocycles. The highest BCUT2D eigenvalue weighted by molar-refractivity contribution is 8.18. The maximum Gasteiger partial charge on any atom is 0.293 e. The Kier molecular flexibility index (Phi) is 5.40. The standard InChI is InChI=1S/C19H17NO4S/c1-20-18(21)17(25-19(20)22)13-14-6-5-9-16(12-14)24-11-10-23-15-7-3-2-4-8-15/h2-9,12-13H,10-11H2,1H3/b17-13+. The summed E-state index contributed by atoms with van der Waals surface area (Å²) in [6.45, 7) is 0.840. The lowest BCUT2D eigenvalue weighted by atomic mass is 10.2. The summed E-state index contributed by atoms with van der Waals surface area (Å²) in [5, 5.41) is -0.262. The topological polar surface area (TPSA) is 55.8 Å². The number of rotatable bonds is 6. The number of hydrogen-bond donors (Lipinski definition) is 0. The second-order valence-electron chi connectivity index (χ2n) is 5.32. The van der Waals surface area contributed by atoms with E-state index in [1.165, 1.54) is 7.05 Å². The summed E-state index contributed by atoms with van der Waals surface area (Å²) in [5.41, 5.74) is 0.806. The first-order valence-corrected chi connectivity index (χ1v) is 8.57. The molecule has 0 unspecified atom stereocenters. The molecule has 128 valence electrons. The molecule has 25 heavy (non-hydrogen) atoms. The van der Waals surface area contributed by atoms with Crippen LogP contribution in [0.3, 0.4) is 0 Å². The Hall–Kier alpha value is -2.73. The second-order valence-corrected chi connectivity index (χ2v) is 6.32. The third-order valence-electron chi connectivity index (χ3n) is 3.51. The van der Waals surface area contributed by atoms with Crippen molar-refractivity contribution in [2.45, 2.75) is 0 Å². The zero-order valence-electron chi connectivity index (χ0n) is 13.7. The summed E-state index contributed by atoms with van der Waals surface area (Å²) in [6.07, 6.45) is 1.70. The monoisotopic (exact) mass is 355 g/mol. The molecule has 0 N–H and O–H groups in total. The number of ether oxygens (including phenoxy) is 2. The van der Waals surface area contributed by atoms with Gasteiger partial charge in [0, 0.05) is 7.05 Å². The fourth-order valence-corrected chi connectivity index (χ4v) is 3.05. The van der Waals surface area contributed by atoms with E-state index in [2.05, 4.69) is 0 Å². The molecule has 0 bridgehead atoms. The second kappa shape index (κ2) is 7.90. The van der Waals surface area contributed by atoms with Crippen molar-refractivity contribution in [1.82, 2.24) is 4.90 Å². The van der Waals surface area contributed by atoms with Crippen molar-refractivity contribution in [3.63, 3.8) is 0 Å². The molecule has 1 fully saturated rings. The van der Waals surface area contributed by atoms with Gasteiger partial charge in [0.05, 0.1) is 4.91 Å². The molecule has 6 heteroatoms. The van der Waals surface area contributed by atoms with Crippen LogP contribution in [0.1, 0.15) is 5.56 Å². The summed E-state index contributed by atoms with van der Waals surface area (Å²) in [6, 6.07) is 16.9. The fraction of sp³-hybridized carbons (Fsp3) is 0.158. The molecule has 2 aromatic rings. The van der Waals surface area contributed by atoms with Crippen LogP contribution < -0.4 is 9.47 Å². The number of hydrogen-bond acceptors (Lipinski definition) is 5. The Morgan fingerprint density at radius 1 is 0.960 bits per heavy atom. The quantitative estimate of drug-likeness (QED) is 0.582. The van der Waals surface area contributed by atoms with Gasteiger partial charge in [0.2, 0.25) is 0 Å². The highest BCUT2D eigenvalue weighted by Crippen LogP contribution is 2.31. The smallest absolute Gasteiger partial charge is 0.293 e. The van der Waals surface area contributed by atoms with Gasteiger partial charge in [0.15, 0.2) is 0 Å². The van der Waals surface area contributed by atoms with Gasteiger partial charge in [-0.1, -0.05) is 30.3 Å². The van der Waals surface area contributed by atoms with Crippen molar-refractivity contribution < 1.29 is 19.1 Å². The Labute approximate surface area is 150 Å². The van der Waals surface area contributed by atoms with Gasteiger partial charge in [0.25, 0.3) is 11.1 Å². The molecule has 0 spiro atoms. The molecule has 0 saturated carbocycles. The first kappa shape index (κ1) is 17.1. The minimum absolute atomic E-state index is 0.262. The van der Waals surface area contributed by atoms with Crippen LogP contribution in [0.25, 0.3) is 6.08 Å². The Morgan fingerprint density at radius 2 is 1.64 bits per heavy atom. The molecule has 5 nitrogen and oxygen atoms in total. The Bertz CT molecular complexity index is 804. The Morgan fingerprint density at radius 3 is 2.32 bits per heavy atom. The lowest BCUT2D eigenvalue weighted by Crippen LogP contribution is -2.22. The van der Waals surface area contributed by atoms with E-state index >= 15 is 0 Å². The summed E-state index contributed by atoms with van der Waals surface area (Å²) in [5.74, 6) is 1.20.